The minimum absolute atomic E-state index is 0.0667. The number of carbonyl (C=O) groups is 1. The molecule has 1 atom stereocenters. The maximum absolute atomic E-state index is 11.6. The first-order valence-corrected chi connectivity index (χ1v) is 11.8. The summed E-state index contributed by atoms with van der Waals surface area (Å²) in [5.41, 5.74) is 0. The number of aliphatic hydroxyl groups excluding tert-OH is 2. The zero-order valence-corrected chi connectivity index (χ0v) is 18.7. The van der Waals surface area contributed by atoms with Gasteiger partial charge in [-0.05, 0) is 6.42 Å². The molecule has 1 unspecified atom stereocenters. The van der Waals surface area contributed by atoms with Crippen molar-refractivity contribution in [3.05, 3.63) is 0 Å². The van der Waals surface area contributed by atoms with Gasteiger partial charge in [0.05, 0.1) is 33.0 Å². The Hall–Kier alpha value is -0.690. The molecule has 0 amide bonds. The highest BCUT2D eigenvalue weighted by Gasteiger charge is 2.06. The quantitative estimate of drug-likeness (QED) is 0.189. The van der Waals surface area contributed by atoms with E-state index < -0.39 is 6.10 Å². The van der Waals surface area contributed by atoms with Crippen molar-refractivity contribution >= 4 is 5.97 Å². The topological polar surface area (TPSA) is 85.2 Å². The van der Waals surface area contributed by atoms with Crippen LogP contribution in [0.15, 0.2) is 0 Å². The van der Waals surface area contributed by atoms with E-state index in [1.165, 1.54) is 70.6 Å². The summed E-state index contributed by atoms with van der Waals surface area (Å²) in [6.07, 6.45) is 16.5. The van der Waals surface area contributed by atoms with Gasteiger partial charge >= 0.3 is 5.97 Å². The van der Waals surface area contributed by atoms with E-state index >= 15 is 0 Å². The van der Waals surface area contributed by atoms with Crippen molar-refractivity contribution in [2.45, 2.75) is 103 Å². The Balaban J connectivity index is 3.22. The summed E-state index contributed by atoms with van der Waals surface area (Å²) >= 11 is 0. The van der Waals surface area contributed by atoms with E-state index in [1.807, 2.05) is 0 Å². The van der Waals surface area contributed by atoms with Crippen molar-refractivity contribution in [2.24, 2.45) is 0 Å². The molecule has 0 aliphatic rings. The minimum atomic E-state index is -0.733. The largest absolute Gasteiger partial charge is 0.463 e. The van der Waals surface area contributed by atoms with Crippen molar-refractivity contribution in [3.63, 3.8) is 0 Å². The zero-order valence-electron chi connectivity index (χ0n) is 18.7. The number of unbranched alkanes of at least 4 members (excludes halogenated alkanes) is 12. The van der Waals surface area contributed by atoms with Crippen molar-refractivity contribution in [2.75, 3.05) is 39.6 Å². The summed E-state index contributed by atoms with van der Waals surface area (Å²) in [5, 5.41) is 18.1. The standard InChI is InChI=1S/C23H46O6/c1-2-3-4-5-6-7-8-9-10-11-12-13-14-15-23(26)29-19-18-28-21-22(25)20-27-17-16-24/h22,24-25H,2-21H2,1H3. The van der Waals surface area contributed by atoms with Gasteiger partial charge in [0.15, 0.2) is 0 Å². The predicted molar refractivity (Wildman–Crippen MR) is 116 cm³/mol. The lowest BCUT2D eigenvalue weighted by molar-refractivity contribution is -0.145. The molecule has 0 fully saturated rings. The SMILES string of the molecule is CCCCCCCCCCCCCCCC(=O)OCCOCC(O)COCCO. The molecule has 6 heteroatoms. The average Bonchev–Trinajstić information content (AvgIpc) is 2.71. The third-order valence-corrected chi connectivity index (χ3v) is 4.83. The summed E-state index contributed by atoms with van der Waals surface area (Å²) in [5.74, 6) is -0.177. The van der Waals surface area contributed by atoms with Gasteiger partial charge in [-0.15, -0.1) is 0 Å². The van der Waals surface area contributed by atoms with Gasteiger partial charge in [-0.1, -0.05) is 84.0 Å². The molecule has 0 aliphatic carbocycles. The fourth-order valence-electron chi connectivity index (χ4n) is 3.13. The summed E-state index contributed by atoms with van der Waals surface area (Å²) in [6.45, 7) is 3.12. The van der Waals surface area contributed by atoms with Crippen molar-refractivity contribution < 1.29 is 29.2 Å². The first-order chi connectivity index (χ1) is 14.2. The van der Waals surface area contributed by atoms with Gasteiger partial charge in [-0.3, -0.25) is 4.79 Å². The fourth-order valence-corrected chi connectivity index (χ4v) is 3.13. The van der Waals surface area contributed by atoms with Crippen LogP contribution in [0.5, 0.6) is 0 Å². The van der Waals surface area contributed by atoms with E-state index in [9.17, 15) is 9.90 Å². The van der Waals surface area contributed by atoms with E-state index in [1.54, 1.807) is 0 Å². The highest BCUT2D eigenvalue weighted by molar-refractivity contribution is 5.69. The smallest absolute Gasteiger partial charge is 0.305 e. The van der Waals surface area contributed by atoms with Gasteiger partial charge in [0.1, 0.15) is 12.7 Å². The summed E-state index contributed by atoms with van der Waals surface area (Å²) in [6, 6.07) is 0. The molecule has 0 spiro atoms. The van der Waals surface area contributed by atoms with Crippen LogP contribution in [0.1, 0.15) is 96.8 Å². The number of hydrogen-bond acceptors (Lipinski definition) is 6. The molecule has 0 saturated heterocycles. The molecular weight excluding hydrogens is 372 g/mol. The molecule has 2 N–H and O–H groups in total. The second-order valence-corrected chi connectivity index (χ2v) is 7.74. The first-order valence-electron chi connectivity index (χ1n) is 11.8. The van der Waals surface area contributed by atoms with Gasteiger partial charge in [0.25, 0.3) is 0 Å². The molecule has 0 rings (SSSR count). The molecule has 0 radical (unpaired) electrons. The maximum atomic E-state index is 11.6. The van der Waals surface area contributed by atoms with Crippen LogP contribution in [0.4, 0.5) is 0 Å². The maximum Gasteiger partial charge on any atom is 0.305 e. The Morgan fingerprint density at radius 3 is 1.72 bits per heavy atom. The lowest BCUT2D eigenvalue weighted by Gasteiger charge is -2.11. The molecule has 0 aromatic rings. The summed E-state index contributed by atoms with van der Waals surface area (Å²) in [7, 11) is 0. The molecule has 174 valence electrons. The first kappa shape index (κ1) is 28.3. The Labute approximate surface area is 178 Å². The monoisotopic (exact) mass is 418 g/mol. The van der Waals surface area contributed by atoms with Crippen LogP contribution in [0.3, 0.4) is 0 Å². The minimum Gasteiger partial charge on any atom is -0.463 e. The highest BCUT2D eigenvalue weighted by atomic mass is 16.6. The third-order valence-electron chi connectivity index (χ3n) is 4.83. The molecule has 0 saturated carbocycles. The van der Waals surface area contributed by atoms with Crippen molar-refractivity contribution in [1.29, 1.82) is 0 Å². The number of carbonyl (C=O) groups excluding carboxylic acids is 1. The summed E-state index contributed by atoms with van der Waals surface area (Å²) in [4.78, 5) is 11.6. The van der Waals surface area contributed by atoms with E-state index in [4.69, 9.17) is 19.3 Å². The Bertz CT molecular complexity index is 337. The van der Waals surface area contributed by atoms with Crippen LogP contribution in [-0.2, 0) is 19.0 Å². The van der Waals surface area contributed by atoms with Gasteiger partial charge in [0.2, 0.25) is 0 Å². The third kappa shape index (κ3) is 23.5. The molecule has 0 bridgehead atoms. The number of aliphatic hydroxyl groups is 2. The second kappa shape index (κ2) is 23.6. The number of hydrogen-bond donors (Lipinski definition) is 2. The predicted octanol–water partition coefficient (Wildman–Crippen LogP) is 4.40. The van der Waals surface area contributed by atoms with Crippen molar-refractivity contribution in [3.8, 4) is 0 Å². The number of rotatable bonds is 23. The number of esters is 1. The van der Waals surface area contributed by atoms with E-state index in [0.717, 1.165) is 12.8 Å². The Morgan fingerprint density at radius 1 is 0.724 bits per heavy atom. The highest BCUT2D eigenvalue weighted by Crippen LogP contribution is 2.13. The second-order valence-electron chi connectivity index (χ2n) is 7.74. The zero-order chi connectivity index (χ0) is 21.4. The number of ether oxygens (including phenoxy) is 3. The normalized spacial score (nSPS) is 12.2. The molecule has 29 heavy (non-hydrogen) atoms. The lowest BCUT2D eigenvalue weighted by atomic mass is 10.0. The van der Waals surface area contributed by atoms with Gasteiger partial charge in [-0.25, -0.2) is 0 Å². The van der Waals surface area contributed by atoms with E-state index in [-0.39, 0.29) is 45.6 Å². The van der Waals surface area contributed by atoms with Crippen LogP contribution < -0.4 is 0 Å². The van der Waals surface area contributed by atoms with Gasteiger partial charge in [0, 0.05) is 6.42 Å². The molecule has 0 heterocycles. The van der Waals surface area contributed by atoms with Crippen LogP contribution >= 0.6 is 0 Å². The Morgan fingerprint density at radius 2 is 1.21 bits per heavy atom. The van der Waals surface area contributed by atoms with Crippen LogP contribution in [0.25, 0.3) is 0 Å². The van der Waals surface area contributed by atoms with Crippen LogP contribution in [0, 0.1) is 0 Å². The summed E-state index contributed by atoms with van der Waals surface area (Å²) < 4.78 is 15.3. The van der Waals surface area contributed by atoms with E-state index in [2.05, 4.69) is 6.92 Å². The van der Waals surface area contributed by atoms with Gasteiger partial charge in [-0.2, -0.15) is 0 Å². The van der Waals surface area contributed by atoms with Crippen LogP contribution in [0.2, 0.25) is 0 Å². The van der Waals surface area contributed by atoms with Crippen molar-refractivity contribution in [1.82, 2.24) is 0 Å². The molecular formula is C23H46O6. The molecule has 0 aromatic carbocycles. The molecule has 0 aliphatic heterocycles. The van der Waals surface area contributed by atoms with Crippen LogP contribution in [-0.4, -0.2) is 61.9 Å². The lowest BCUT2D eigenvalue weighted by Crippen LogP contribution is -2.23. The molecule has 0 aromatic heterocycles. The fraction of sp³-hybridized carbons (Fsp3) is 0.957. The average molecular weight is 419 g/mol. The van der Waals surface area contributed by atoms with E-state index in [0.29, 0.717) is 6.42 Å². The van der Waals surface area contributed by atoms with Gasteiger partial charge < -0.3 is 24.4 Å². The molecule has 6 nitrogen and oxygen atoms in total. The Kier molecular flexibility index (Phi) is 23.0.